The summed E-state index contributed by atoms with van der Waals surface area (Å²) in [6.07, 6.45) is 3.30. The molecule has 0 bridgehead atoms. The number of aliphatic hydroxyl groups is 2. The highest BCUT2D eigenvalue weighted by Crippen LogP contribution is 2.25. The second-order valence-corrected chi connectivity index (χ2v) is 3.31. The number of H-pyrrole nitrogens is 1. The number of ether oxygens (including phenoxy) is 1. The van der Waals surface area contributed by atoms with Crippen LogP contribution in [-0.4, -0.2) is 25.6 Å². The second kappa shape index (κ2) is 4.83. The molecule has 7 heteroatoms. The van der Waals surface area contributed by atoms with Crippen molar-refractivity contribution in [1.29, 1.82) is 0 Å². The van der Waals surface area contributed by atoms with Crippen LogP contribution in [0.4, 0.5) is 4.39 Å². The third-order valence-corrected chi connectivity index (χ3v) is 2.04. The Balaban J connectivity index is 2.31. The van der Waals surface area contributed by atoms with Gasteiger partial charge in [-0.15, -0.1) is 11.5 Å². The first-order valence-corrected chi connectivity index (χ1v) is 4.82. The molecular weight excluding hydrogens is 241 g/mol. The van der Waals surface area contributed by atoms with Gasteiger partial charge in [-0.1, -0.05) is 5.92 Å². The van der Waals surface area contributed by atoms with Crippen molar-refractivity contribution in [3.8, 4) is 24.0 Å². The van der Waals surface area contributed by atoms with Gasteiger partial charge in [-0.05, 0) is 12.1 Å². The van der Waals surface area contributed by atoms with E-state index in [-0.39, 0.29) is 17.3 Å². The third kappa shape index (κ3) is 2.45. The highest BCUT2D eigenvalue weighted by molar-refractivity contribution is 5.40. The third-order valence-electron chi connectivity index (χ3n) is 2.04. The van der Waals surface area contributed by atoms with Crippen LogP contribution in [0, 0.1) is 18.2 Å². The van der Waals surface area contributed by atoms with Crippen LogP contribution in [0.5, 0.6) is 11.6 Å². The fourth-order valence-electron chi connectivity index (χ4n) is 1.29. The molecule has 3 N–H and O–H groups in total. The van der Waals surface area contributed by atoms with Crippen molar-refractivity contribution in [1.82, 2.24) is 15.4 Å². The van der Waals surface area contributed by atoms with E-state index >= 15 is 0 Å². The van der Waals surface area contributed by atoms with E-state index in [4.69, 9.17) is 21.4 Å². The molecule has 0 saturated carbocycles. The molecule has 0 amide bonds. The van der Waals surface area contributed by atoms with Crippen LogP contribution in [0.2, 0.25) is 0 Å². The molecule has 6 nitrogen and oxygen atoms in total. The van der Waals surface area contributed by atoms with Gasteiger partial charge in [0, 0.05) is 11.6 Å². The van der Waals surface area contributed by atoms with Crippen molar-refractivity contribution in [2.75, 3.05) is 0 Å². The van der Waals surface area contributed by atoms with Crippen LogP contribution in [0.1, 0.15) is 17.5 Å². The number of aromatic amines is 1. The predicted molar refractivity (Wildman–Crippen MR) is 58.0 cm³/mol. The molecule has 0 aliphatic heterocycles. The summed E-state index contributed by atoms with van der Waals surface area (Å²) in [4.78, 5) is 0. The Morgan fingerprint density at radius 1 is 1.33 bits per heavy atom. The van der Waals surface area contributed by atoms with Crippen LogP contribution in [0.15, 0.2) is 18.2 Å². The molecule has 0 unspecified atom stereocenters. The van der Waals surface area contributed by atoms with Gasteiger partial charge in [0.05, 0.1) is 0 Å². The van der Waals surface area contributed by atoms with Crippen LogP contribution < -0.4 is 4.74 Å². The summed E-state index contributed by atoms with van der Waals surface area (Å²) in [5, 5.41) is 27.2. The molecule has 2 aromatic rings. The van der Waals surface area contributed by atoms with E-state index in [0.29, 0.717) is 5.56 Å². The Hall–Kier alpha value is -2.43. The van der Waals surface area contributed by atoms with Crippen molar-refractivity contribution >= 4 is 0 Å². The van der Waals surface area contributed by atoms with Crippen LogP contribution in [0.3, 0.4) is 0 Å². The number of aromatic nitrogens is 3. The highest BCUT2D eigenvalue weighted by Gasteiger charge is 2.17. The van der Waals surface area contributed by atoms with Gasteiger partial charge in [-0.25, -0.2) is 4.39 Å². The summed E-state index contributed by atoms with van der Waals surface area (Å²) in [5.74, 6) is 1.60. The second-order valence-electron chi connectivity index (χ2n) is 3.31. The van der Waals surface area contributed by atoms with Gasteiger partial charge in [-0.3, -0.25) is 0 Å². The lowest BCUT2D eigenvalue weighted by Gasteiger charge is -2.05. The Labute approximate surface area is 101 Å². The van der Waals surface area contributed by atoms with Crippen LogP contribution in [0.25, 0.3) is 0 Å². The number of hydrogen-bond acceptors (Lipinski definition) is 5. The molecule has 1 heterocycles. The molecule has 0 spiro atoms. The molecule has 0 aliphatic rings. The van der Waals surface area contributed by atoms with Crippen LogP contribution >= 0.6 is 0 Å². The minimum absolute atomic E-state index is 0.0822. The topological polar surface area (TPSA) is 91.3 Å². The maximum absolute atomic E-state index is 13.2. The van der Waals surface area contributed by atoms with Gasteiger partial charge in [0.2, 0.25) is 6.29 Å². The van der Waals surface area contributed by atoms with Crippen molar-refractivity contribution in [3.05, 3.63) is 35.3 Å². The van der Waals surface area contributed by atoms with Gasteiger partial charge < -0.3 is 14.9 Å². The molecule has 2 rings (SSSR count). The van der Waals surface area contributed by atoms with Gasteiger partial charge >= 0.3 is 0 Å². The molecule has 0 saturated heterocycles. The fraction of sp³-hybridized carbons (Fsp3) is 0.0909. The normalized spacial score (nSPS) is 10.4. The number of aliphatic hydroxyl groups excluding tert-OH is 1. The zero-order chi connectivity index (χ0) is 13.1. The highest BCUT2D eigenvalue weighted by atomic mass is 19.1. The monoisotopic (exact) mass is 249 g/mol. The van der Waals surface area contributed by atoms with E-state index in [1.807, 2.05) is 0 Å². The van der Waals surface area contributed by atoms with Gasteiger partial charge in [0.15, 0.2) is 5.69 Å². The Morgan fingerprint density at radius 3 is 2.78 bits per heavy atom. The molecule has 0 atom stereocenters. The predicted octanol–water partition coefficient (Wildman–Crippen LogP) is 0.701. The minimum atomic E-state index is -1.85. The van der Waals surface area contributed by atoms with Crippen molar-refractivity contribution in [3.63, 3.8) is 0 Å². The Kier molecular flexibility index (Phi) is 3.23. The number of benzene rings is 1. The molecule has 18 heavy (non-hydrogen) atoms. The van der Waals surface area contributed by atoms with Gasteiger partial charge in [-0.2, -0.15) is 10.3 Å². The minimum Gasteiger partial charge on any atom is -0.436 e. The summed E-state index contributed by atoms with van der Waals surface area (Å²) in [7, 11) is 0. The molecular formula is C11H8FN3O3. The zero-order valence-electron chi connectivity index (χ0n) is 8.96. The van der Waals surface area contributed by atoms with Crippen molar-refractivity contribution in [2.24, 2.45) is 0 Å². The summed E-state index contributed by atoms with van der Waals surface area (Å²) in [5.41, 5.74) is 0.0844. The lowest BCUT2D eigenvalue weighted by molar-refractivity contribution is -0.0470. The van der Waals surface area contributed by atoms with Gasteiger partial charge in [0.1, 0.15) is 11.6 Å². The fourth-order valence-corrected chi connectivity index (χ4v) is 1.29. The van der Waals surface area contributed by atoms with E-state index in [1.54, 1.807) is 0 Å². The summed E-state index contributed by atoms with van der Waals surface area (Å²) >= 11 is 0. The molecule has 1 aromatic carbocycles. The van der Waals surface area contributed by atoms with Gasteiger partial charge in [0.25, 0.3) is 5.88 Å². The standard InChI is InChI=1S/C11H8FN3O3/c1-2-6-3-7(12)5-8(4-6)18-10-9(11(16)17)13-15-14-10/h1,3-5,11,16-17H,(H,13,14,15). The molecule has 92 valence electrons. The number of hydrogen-bond donors (Lipinski definition) is 3. The average molecular weight is 249 g/mol. The number of halogens is 1. The van der Waals surface area contributed by atoms with Crippen molar-refractivity contribution < 1.29 is 19.3 Å². The molecule has 0 fully saturated rings. The summed E-state index contributed by atoms with van der Waals surface area (Å²) < 4.78 is 18.4. The SMILES string of the molecule is C#Cc1cc(F)cc(Oc2n[nH]nc2C(O)O)c1. The quantitative estimate of drug-likeness (QED) is 0.550. The number of nitrogens with zero attached hydrogens (tertiary/aromatic N) is 2. The van der Waals surface area contributed by atoms with E-state index in [1.165, 1.54) is 6.07 Å². The summed E-state index contributed by atoms with van der Waals surface area (Å²) in [6.45, 7) is 0. The first-order chi connectivity index (χ1) is 8.60. The van der Waals surface area contributed by atoms with E-state index in [9.17, 15) is 4.39 Å². The largest absolute Gasteiger partial charge is 0.436 e. The number of terminal acetylenes is 1. The molecule has 0 radical (unpaired) electrons. The van der Waals surface area contributed by atoms with Crippen LogP contribution in [-0.2, 0) is 0 Å². The zero-order valence-corrected chi connectivity index (χ0v) is 8.96. The average Bonchev–Trinajstić information content (AvgIpc) is 2.76. The first-order valence-electron chi connectivity index (χ1n) is 4.82. The maximum Gasteiger partial charge on any atom is 0.267 e. The molecule has 1 aromatic heterocycles. The smallest absolute Gasteiger partial charge is 0.267 e. The van der Waals surface area contributed by atoms with E-state index < -0.39 is 12.1 Å². The maximum atomic E-state index is 13.2. The molecule has 0 aliphatic carbocycles. The lowest BCUT2D eigenvalue weighted by Crippen LogP contribution is -1.98. The Morgan fingerprint density at radius 2 is 2.11 bits per heavy atom. The van der Waals surface area contributed by atoms with Crippen molar-refractivity contribution in [2.45, 2.75) is 6.29 Å². The summed E-state index contributed by atoms with van der Waals surface area (Å²) in [6, 6.07) is 3.66. The van der Waals surface area contributed by atoms with E-state index in [0.717, 1.165) is 12.1 Å². The Bertz CT molecular complexity index is 604. The van der Waals surface area contributed by atoms with E-state index in [2.05, 4.69) is 21.3 Å². The number of rotatable bonds is 3. The number of nitrogens with one attached hydrogen (secondary N) is 1. The lowest BCUT2D eigenvalue weighted by atomic mass is 10.2. The first kappa shape index (κ1) is 12.0.